The van der Waals surface area contributed by atoms with Gasteiger partial charge in [0.15, 0.2) is 0 Å². The summed E-state index contributed by atoms with van der Waals surface area (Å²) in [5.74, 6) is 1.85. The Bertz CT molecular complexity index is 1780. The van der Waals surface area contributed by atoms with E-state index >= 15 is 0 Å². The predicted molar refractivity (Wildman–Crippen MR) is 172 cm³/mol. The van der Waals surface area contributed by atoms with Crippen molar-refractivity contribution < 1.29 is 9.53 Å². The maximum Gasteiger partial charge on any atom is 0.255 e. The van der Waals surface area contributed by atoms with Crippen LogP contribution in [0.15, 0.2) is 120 Å². The lowest BCUT2D eigenvalue weighted by Crippen LogP contribution is -2.31. The molecule has 0 aliphatic carbocycles. The van der Waals surface area contributed by atoms with Gasteiger partial charge in [-0.05, 0) is 61.2 Å². The zero-order valence-corrected chi connectivity index (χ0v) is 25.2. The van der Waals surface area contributed by atoms with Crippen LogP contribution in [-0.4, -0.2) is 20.7 Å². The van der Waals surface area contributed by atoms with Gasteiger partial charge < -0.3 is 15.4 Å². The Labute approximate surface area is 256 Å². The summed E-state index contributed by atoms with van der Waals surface area (Å²) in [4.78, 5) is 18.8. The van der Waals surface area contributed by atoms with E-state index in [9.17, 15) is 4.79 Å². The van der Waals surface area contributed by atoms with Gasteiger partial charge in [-0.2, -0.15) is 4.98 Å². The van der Waals surface area contributed by atoms with Crippen molar-refractivity contribution in [3.63, 3.8) is 0 Å². The number of aromatic nitrogens is 3. The molecule has 8 heteroatoms. The molecule has 6 rings (SSSR count). The van der Waals surface area contributed by atoms with Crippen LogP contribution < -0.4 is 15.4 Å². The fourth-order valence-corrected chi connectivity index (χ4v) is 5.83. The van der Waals surface area contributed by atoms with Crippen LogP contribution in [0.2, 0.25) is 0 Å². The molecule has 1 unspecified atom stereocenters. The first-order chi connectivity index (χ1) is 20.9. The number of carbonyl (C=O) groups is 1. The predicted octanol–water partition coefficient (Wildman–Crippen LogP) is 7.69. The van der Waals surface area contributed by atoms with Gasteiger partial charge in [-0.25, -0.2) is 4.68 Å². The molecule has 1 amide bonds. The van der Waals surface area contributed by atoms with Gasteiger partial charge in [0.2, 0.25) is 11.1 Å². The maximum absolute atomic E-state index is 14.0. The summed E-state index contributed by atoms with van der Waals surface area (Å²) < 4.78 is 8.01. The van der Waals surface area contributed by atoms with Crippen molar-refractivity contribution in [1.29, 1.82) is 0 Å². The number of hydrogen-bond acceptors (Lipinski definition) is 6. The molecule has 1 aliphatic heterocycles. The van der Waals surface area contributed by atoms with Gasteiger partial charge in [0, 0.05) is 17.1 Å². The third-order valence-electron chi connectivity index (χ3n) is 7.38. The average Bonchev–Trinajstić information content (AvgIpc) is 3.43. The number of ether oxygens (including phenoxy) is 1. The van der Waals surface area contributed by atoms with E-state index in [-0.39, 0.29) is 5.91 Å². The molecule has 7 nitrogen and oxygen atoms in total. The molecular formula is C35H33N5O2S. The fourth-order valence-electron chi connectivity index (χ4n) is 5.05. The Kier molecular flexibility index (Phi) is 8.29. The number of anilines is 2. The molecule has 43 heavy (non-hydrogen) atoms. The van der Waals surface area contributed by atoms with Crippen LogP contribution in [0.4, 0.5) is 11.6 Å². The van der Waals surface area contributed by atoms with Crippen LogP contribution in [0.5, 0.6) is 5.75 Å². The van der Waals surface area contributed by atoms with Crippen molar-refractivity contribution in [1.82, 2.24) is 14.8 Å². The number of nitrogens with zero attached hydrogens (tertiary/aromatic N) is 3. The van der Waals surface area contributed by atoms with Crippen LogP contribution in [0.25, 0.3) is 0 Å². The molecule has 0 spiro atoms. The second-order valence-corrected chi connectivity index (χ2v) is 11.6. The Morgan fingerprint density at radius 2 is 1.67 bits per heavy atom. The van der Waals surface area contributed by atoms with E-state index in [1.165, 1.54) is 11.1 Å². The largest absolute Gasteiger partial charge is 0.489 e. The molecule has 1 aromatic heterocycles. The molecule has 0 saturated carbocycles. The third kappa shape index (κ3) is 6.49. The minimum absolute atomic E-state index is 0.199. The first-order valence-electron chi connectivity index (χ1n) is 14.2. The minimum Gasteiger partial charge on any atom is -0.489 e. The minimum atomic E-state index is -0.512. The van der Waals surface area contributed by atoms with Crippen molar-refractivity contribution in [2.24, 2.45) is 0 Å². The van der Waals surface area contributed by atoms with E-state index in [1.54, 1.807) is 11.8 Å². The average molecular weight is 588 g/mol. The molecule has 1 aliphatic rings. The summed E-state index contributed by atoms with van der Waals surface area (Å²) in [5, 5.41) is 12.0. The number of amides is 1. The number of allylic oxidation sites excluding steroid dienone is 1. The fraction of sp³-hybridized carbons (Fsp3) is 0.171. The normalized spacial score (nSPS) is 14.2. The van der Waals surface area contributed by atoms with Crippen LogP contribution >= 0.6 is 11.8 Å². The number of para-hydroxylation sites is 1. The summed E-state index contributed by atoms with van der Waals surface area (Å²) in [6, 6.07) is 33.7. The Hall–Kier alpha value is -4.82. The number of thioether (sulfide) groups is 1. The number of fused-ring (bicyclic) bond motifs is 1. The number of carbonyl (C=O) groups excluding carboxylic acids is 1. The quantitative estimate of drug-likeness (QED) is 0.172. The molecule has 0 radical (unpaired) electrons. The monoisotopic (exact) mass is 587 g/mol. The number of benzene rings is 4. The molecule has 2 N–H and O–H groups in total. The highest BCUT2D eigenvalue weighted by molar-refractivity contribution is 7.98. The summed E-state index contributed by atoms with van der Waals surface area (Å²) in [5.41, 5.74) is 7.41. The Morgan fingerprint density at radius 1 is 0.907 bits per heavy atom. The van der Waals surface area contributed by atoms with Crippen molar-refractivity contribution in [2.75, 3.05) is 10.6 Å². The molecule has 216 valence electrons. The lowest BCUT2D eigenvalue weighted by atomic mass is 9.94. The summed E-state index contributed by atoms with van der Waals surface area (Å²) in [7, 11) is 0. The second-order valence-electron chi connectivity index (χ2n) is 10.6. The lowest BCUT2D eigenvalue weighted by molar-refractivity contribution is -0.113. The van der Waals surface area contributed by atoms with Gasteiger partial charge in [0.05, 0.1) is 5.57 Å². The summed E-state index contributed by atoms with van der Waals surface area (Å²) in [6.45, 7) is 6.40. The topological polar surface area (TPSA) is 81.1 Å². The SMILES string of the molecule is CC1=C(C(=O)Nc2ccccc2C)C(c2cccc(OCc3ccc(C)cc3)c2)n2nc(SCc3ccccc3)nc2N1. The van der Waals surface area contributed by atoms with E-state index in [0.29, 0.717) is 29.0 Å². The van der Waals surface area contributed by atoms with Crippen molar-refractivity contribution in [2.45, 2.75) is 44.3 Å². The number of nitrogens with one attached hydrogen (secondary N) is 2. The highest BCUT2D eigenvalue weighted by atomic mass is 32.2. The van der Waals surface area contributed by atoms with E-state index in [0.717, 1.165) is 33.8 Å². The maximum atomic E-state index is 14.0. The molecule has 4 aromatic carbocycles. The van der Waals surface area contributed by atoms with Crippen LogP contribution in [-0.2, 0) is 17.2 Å². The second kappa shape index (κ2) is 12.6. The van der Waals surface area contributed by atoms with Crippen molar-refractivity contribution in [3.05, 3.63) is 142 Å². The van der Waals surface area contributed by atoms with Gasteiger partial charge in [0.1, 0.15) is 18.4 Å². The van der Waals surface area contributed by atoms with Gasteiger partial charge in [-0.15, -0.1) is 5.10 Å². The van der Waals surface area contributed by atoms with Gasteiger partial charge in [0.25, 0.3) is 5.91 Å². The van der Waals surface area contributed by atoms with Gasteiger partial charge in [-0.1, -0.05) is 102 Å². The summed E-state index contributed by atoms with van der Waals surface area (Å²) >= 11 is 1.56. The zero-order chi connectivity index (χ0) is 29.8. The van der Waals surface area contributed by atoms with E-state index < -0.39 is 6.04 Å². The molecule has 0 saturated heterocycles. The van der Waals surface area contributed by atoms with Crippen LogP contribution in [0.1, 0.15) is 40.8 Å². The van der Waals surface area contributed by atoms with Crippen LogP contribution in [0.3, 0.4) is 0 Å². The number of aryl methyl sites for hydroxylation is 2. The van der Waals surface area contributed by atoms with Crippen LogP contribution in [0, 0.1) is 13.8 Å². The zero-order valence-electron chi connectivity index (χ0n) is 24.4. The molecular weight excluding hydrogens is 554 g/mol. The highest BCUT2D eigenvalue weighted by Crippen LogP contribution is 2.38. The Morgan fingerprint density at radius 3 is 2.47 bits per heavy atom. The van der Waals surface area contributed by atoms with Gasteiger partial charge >= 0.3 is 0 Å². The number of hydrogen-bond donors (Lipinski definition) is 2. The molecule has 1 atom stereocenters. The molecule has 0 fully saturated rings. The number of rotatable bonds is 9. The first-order valence-corrected chi connectivity index (χ1v) is 15.2. The molecule has 0 bridgehead atoms. The Balaban J connectivity index is 1.33. The smallest absolute Gasteiger partial charge is 0.255 e. The van der Waals surface area contributed by atoms with Gasteiger partial charge in [-0.3, -0.25) is 4.79 Å². The molecule has 5 aromatic rings. The highest BCUT2D eigenvalue weighted by Gasteiger charge is 2.34. The van der Waals surface area contributed by atoms with Crippen molar-refractivity contribution in [3.8, 4) is 5.75 Å². The van der Waals surface area contributed by atoms with E-state index in [1.807, 2.05) is 85.3 Å². The van der Waals surface area contributed by atoms with Crippen molar-refractivity contribution >= 4 is 29.3 Å². The summed E-state index contributed by atoms with van der Waals surface area (Å²) in [6.07, 6.45) is 0. The first kappa shape index (κ1) is 28.3. The van der Waals surface area contributed by atoms with E-state index in [2.05, 4.69) is 54.0 Å². The van der Waals surface area contributed by atoms with E-state index in [4.69, 9.17) is 14.8 Å². The lowest BCUT2D eigenvalue weighted by Gasteiger charge is -2.29. The molecule has 2 heterocycles. The third-order valence-corrected chi connectivity index (χ3v) is 8.29. The standard InChI is InChI=1S/C35H33N5O2S/c1-23-16-18-26(19-17-23)21-42-29-14-9-13-28(20-29)32-31(33(41)37-30-15-8-7-10-24(30)2)25(3)36-34-38-35(39-40(32)34)43-22-27-11-5-4-6-12-27/h4-20,32H,21-22H2,1-3H3,(H,37,41)(H,36,38,39).